The molecule has 4 heteroatoms. The van der Waals surface area contributed by atoms with Crippen LogP contribution in [0.2, 0.25) is 0 Å². The summed E-state index contributed by atoms with van der Waals surface area (Å²) in [5.41, 5.74) is 0. The van der Waals surface area contributed by atoms with Crippen molar-refractivity contribution in [2.45, 2.75) is 32.4 Å². The maximum absolute atomic E-state index is 11.6. The number of aliphatic hydroxyl groups is 1. The van der Waals surface area contributed by atoms with Crippen LogP contribution in [0.1, 0.15) is 20.3 Å². The van der Waals surface area contributed by atoms with Crippen LogP contribution in [0.15, 0.2) is 0 Å². The molecular formula is C10H17NO3. The van der Waals surface area contributed by atoms with Gasteiger partial charge in [-0.1, -0.05) is 13.8 Å². The standard InChI is InChI=1S/C10H17NO3/c1-6(2)9(12)8-7-3-4-14-5-11(7)10(8)13/h6-9,12H,3-5H2,1-2H3. The Morgan fingerprint density at radius 1 is 1.57 bits per heavy atom. The van der Waals surface area contributed by atoms with Crippen molar-refractivity contribution in [3.05, 3.63) is 0 Å². The van der Waals surface area contributed by atoms with Gasteiger partial charge in [0, 0.05) is 0 Å². The van der Waals surface area contributed by atoms with E-state index >= 15 is 0 Å². The zero-order chi connectivity index (χ0) is 10.3. The van der Waals surface area contributed by atoms with Crippen molar-refractivity contribution in [2.24, 2.45) is 11.8 Å². The highest BCUT2D eigenvalue weighted by Crippen LogP contribution is 2.35. The fraction of sp³-hybridized carbons (Fsp3) is 0.900. The molecule has 2 heterocycles. The van der Waals surface area contributed by atoms with E-state index in [0.29, 0.717) is 13.3 Å². The van der Waals surface area contributed by atoms with Gasteiger partial charge in [0.15, 0.2) is 0 Å². The van der Waals surface area contributed by atoms with Crippen LogP contribution in [0, 0.1) is 11.8 Å². The minimum absolute atomic E-state index is 0.0518. The van der Waals surface area contributed by atoms with Crippen LogP contribution in [-0.2, 0) is 9.53 Å². The van der Waals surface area contributed by atoms with Gasteiger partial charge in [-0.2, -0.15) is 0 Å². The number of carbonyl (C=O) groups is 1. The molecule has 0 saturated carbocycles. The van der Waals surface area contributed by atoms with Gasteiger partial charge >= 0.3 is 0 Å². The van der Waals surface area contributed by atoms with Crippen LogP contribution in [0.25, 0.3) is 0 Å². The van der Waals surface area contributed by atoms with Crippen LogP contribution in [0.3, 0.4) is 0 Å². The van der Waals surface area contributed by atoms with Crippen LogP contribution >= 0.6 is 0 Å². The lowest BCUT2D eigenvalue weighted by Crippen LogP contribution is -2.67. The average Bonchev–Trinajstić information content (AvgIpc) is 2.17. The maximum atomic E-state index is 11.6. The molecule has 0 aromatic heterocycles. The van der Waals surface area contributed by atoms with E-state index in [2.05, 4.69) is 0 Å². The number of carbonyl (C=O) groups excluding carboxylic acids is 1. The molecule has 0 bridgehead atoms. The smallest absolute Gasteiger partial charge is 0.232 e. The summed E-state index contributed by atoms with van der Waals surface area (Å²) < 4.78 is 5.19. The molecule has 1 N–H and O–H groups in total. The van der Waals surface area contributed by atoms with Gasteiger partial charge in [-0.05, 0) is 12.3 Å². The third-order valence-corrected chi connectivity index (χ3v) is 3.22. The Morgan fingerprint density at radius 2 is 2.29 bits per heavy atom. The van der Waals surface area contributed by atoms with Crippen molar-refractivity contribution in [1.29, 1.82) is 0 Å². The van der Waals surface area contributed by atoms with Crippen molar-refractivity contribution in [2.75, 3.05) is 13.3 Å². The first kappa shape index (κ1) is 9.93. The second-order valence-corrected chi connectivity index (χ2v) is 4.46. The molecule has 2 aliphatic rings. The van der Waals surface area contributed by atoms with Crippen LogP contribution < -0.4 is 0 Å². The van der Waals surface area contributed by atoms with E-state index < -0.39 is 6.10 Å². The largest absolute Gasteiger partial charge is 0.392 e. The van der Waals surface area contributed by atoms with Gasteiger partial charge in [0.2, 0.25) is 5.91 Å². The normalized spacial score (nSPS) is 34.0. The number of β-lactam (4-membered cyclic amide) rings is 1. The van der Waals surface area contributed by atoms with Gasteiger partial charge < -0.3 is 14.7 Å². The Balaban J connectivity index is 2.03. The summed E-state index contributed by atoms with van der Waals surface area (Å²) in [5, 5.41) is 9.87. The van der Waals surface area contributed by atoms with Gasteiger partial charge in [0.05, 0.1) is 24.7 Å². The Bertz CT molecular complexity index is 242. The van der Waals surface area contributed by atoms with E-state index in [4.69, 9.17) is 4.74 Å². The highest BCUT2D eigenvalue weighted by molar-refractivity contribution is 5.86. The molecular weight excluding hydrogens is 182 g/mol. The molecule has 14 heavy (non-hydrogen) atoms. The fourth-order valence-corrected chi connectivity index (χ4v) is 2.28. The van der Waals surface area contributed by atoms with Gasteiger partial charge in [0.1, 0.15) is 6.73 Å². The minimum atomic E-state index is -0.498. The lowest BCUT2D eigenvalue weighted by molar-refractivity contribution is -0.191. The summed E-state index contributed by atoms with van der Waals surface area (Å²) >= 11 is 0. The first-order chi connectivity index (χ1) is 6.63. The summed E-state index contributed by atoms with van der Waals surface area (Å²) in [6.45, 7) is 5.00. The van der Waals surface area contributed by atoms with E-state index in [1.807, 2.05) is 13.8 Å². The molecule has 2 saturated heterocycles. The molecule has 0 aromatic carbocycles. The van der Waals surface area contributed by atoms with Gasteiger partial charge in [0.25, 0.3) is 0 Å². The second-order valence-electron chi connectivity index (χ2n) is 4.46. The highest BCUT2D eigenvalue weighted by Gasteiger charge is 2.52. The predicted molar refractivity (Wildman–Crippen MR) is 50.4 cm³/mol. The lowest BCUT2D eigenvalue weighted by atomic mass is 9.77. The summed E-state index contributed by atoms with van der Waals surface area (Å²) in [4.78, 5) is 13.3. The quantitative estimate of drug-likeness (QED) is 0.647. The van der Waals surface area contributed by atoms with E-state index in [9.17, 15) is 9.90 Å². The Morgan fingerprint density at radius 3 is 2.93 bits per heavy atom. The summed E-state index contributed by atoms with van der Waals surface area (Å²) in [6.07, 6.45) is 0.363. The monoisotopic (exact) mass is 199 g/mol. The summed E-state index contributed by atoms with van der Waals surface area (Å²) in [5.74, 6) is 0.0174. The molecule has 2 rings (SSSR count). The molecule has 0 radical (unpaired) electrons. The number of fused-ring (bicyclic) bond motifs is 1. The molecule has 4 nitrogen and oxygen atoms in total. The summed E-state index contributed by atoms with van der Waals surface area (Å²) in [6, 6.07) is 0.216. The maximum Gasteiger partial charge on any atom is 0.232 e. The molecule has 0 aliphatic carbocycles. The van der Waals surface area contributed by atoms with Crippen molar-refractivity contribution in [3.8, 4) is 0 Å². The first-order valence-electron chi connectivity index (χ1n) is 5.19. The van der Waals surface area contributed by atoms with E-state index in [-0.39, 0.29) is 23.8 Å². The molecule has 2 aliphatic heterocycles. The average molecular weight is 199 g/mol. The molecule has 0 aromatic rings. The molecule has 80 valence electrons. The molecule has 3 atom stereocenters. The first-order valence-corrected chi connectivity index (χ1v) is 5.19. The molecule has 0 spiro atoms. The number of ether oxygens (including phenoxy) is 1. The second kappa shape index (κ2) is 3.51. The molecule has 2 fully saturated rings. The van der Waals surface area contributed by atoms with Crippen LogP contribution in [-0.4, -0.2) is 41.4 Å². The Labute approximate surface area is 83.8 Å². The highest BCUT2D eigenvalue weighted by atomic mass is 16.5. The SMILES string of the molecule is CC(C)C(O)C1C(=O)N2COCCC12. The number of amides is 1. The van der Waals surface area contributed by atoms with Crippen LogP contribution in [0.5, 0.6) is 0 Å². The van der Waals surface area contributed by atoms with Crippen molar-refractivity contribution < 1.29 is 14.6 Å². The zero-order valence-electron chi connectivity index (χ0n) is 8.64. The topological polar surface area (TPSA) is 49.8 Å². The minimum Gasteiger partial charge on any atom is -0.392 e. The molecule has 3 unspecified atom stereocenters. The number of rotatable bonds is 2. The third kappa shape index (κ3) is 1.33. The van der Waals surface area contributed by atoms with Gasteiger partial charge in [-0.3, -0.25) is 4.79 Å². The number of hydrogen-bond acceptors (Lipinski definition) is 3. The third-order valence-electron chi connectivity index (χ3n) is 3.22. The Kier molecular flexibility index (Phi) is 2.49. The number of hydrogen-bond donors (Lipinski definition) is 1. The number of nitrogens with zero attached hydrogens (tertiary/aromatic N) is 1. The van der Waals surface area contributed by atoms with Crippen molar-refractivity contribution >= 4 is 5.91 Å². The van der Waals surface area contributed by atoms with Crippen molar-refractivity contribution in [1.82, 2.24) is 4.90 Å². The van der Waals surface area contributed by atoms with Crippen LogP contribution in [0.4, 0.5) is 0 Å². The van der Waals surface area contributed by atoms with E-state index in [1.165, 1.54) is 0 Å². The predicted octanol–water partition coefficient (Wildman–Crippen LogP) is 0.208. The van der Waals surface area contributed by atoms with Gasteiger partial charge in [-0.25, -0.2) is 0 Å². The summed E-state index contributed by atoms with van der Waals surface area (Å²) in [7, 11) is 0. The number of aliphatic hydroxyl groups excluding tert-OH is 1. The fourth-order valence-electron chi connectivity index (χ4n) is 2.28. The molecule has 1 amide bonds. The van der Waals surface area contributed by atoms with Gasteiger partial charge in [-0.15, -0.1) is 0 Å². The zero-order valence-corrected chi connectivity index (χ0v) is 8.64. The van der Waals surface area contributed by atoms with E-state index in [1.54, 1.807) is 4.90 Å². The Hall–Kier alpha value is -0.610. The van der Waals surface area contributed by atoms with Crippen molar-refractivity contribution in [3.63, 3.8) is 0 Å². The van der Waals surface area contributed by atoms with E-state index in [0.717, 1.165) is 6.42 Å². The lowest BCUT2D eigenvalue weighted by Gasteiger charge is -2.51.